The van der Waals surface area contributed by atoms with Crippen molar-refractivity contribution in [1.82, 2.24) is 5.32 Å². The van der Waals surface area contributed by atoms with E-state index in [2.05, 4.69) is 12.2 Å². The highest BCUT2D eigenvalue weighted by Crippen LogP contribution is 2.13. The van der Waals surface area contributed by atoms with Gasteiger partial charge in [-0.05, 0) is 32.4 Å². The first kappa shape index (κ1) is 22.9. The van der Waals surface area contributed by atoms with E-state index in [0.29, 0.717) is 6.61 Å². The Hall–Kier alpha value is -0.0800. The van der Waals surface area contributed by atoms with Gasteiger partial charge in [0.2, 0.25) is 0 Å². The van der Waals surface area contributed by atoms with Crippen molar-refractivity contribution < 1.29 is 5.11 Å². The zero-order valence-corrected chi connectivity index (χ0v) is 16.1. The third kappa shape index (κ3) is 21.9. The van der Waals surface area contributed by atoms with Crippen molar-refractivity contribution in [2.24, 2.45) is 0 Å². The fourth-order valence-corrected chi connectivity index (χ4v) is 3.11. The lowest BCUT2D eigenvalue weighted by molar-refractivity contribution is 0.283. The van der Waals surface area contributed by atoms with Crippen molar-refractivity contribution >= 4 is 0 Å². The SMILES string of the molecule is CCCCCCCCCCCCCCCCCNCCCCO. The second kappa shape index (κ2) is 21.9. The normalized spacial score (nSPS) is 11.2. The van der Waals surface area contributed by atoms with Crippen molar-refractivity contribution in [2.75, 3.05) is 19.7 Å². The Morgan fingerprint density at radius 3 is 1.22 bits per heavy atom. The Bertz CT molecular complexity index is 176. The molecule has 0 rings (SSSR count). The maximum absolute atomic E-state index is 8.68. The molecule has 0 aliphatic rings. The Labute approximate surface area is 146 Å². The predicted octanol–water partition coefficient (Wildman–Crippen LogP) is 6.22. The van der Waals surface area contributed by atoms with Gasteiger partial charge in [-0.15, -0.1) is 0 Å². The van der Waals surface area contributed by atoms with Gasteiger partial charge in [-0.1, -0.05) is 96.8 Å². The third-order valence-corrected chi connectivity index (χ3v) is 4.72. The third-order valence-electron chi connectivity index (χ3n) is 4.72. The van der Waals surface area contributed by atoms with Gasteiger partial charge in [0, 0.05) is 6.61 Å². The van der Waals surface area contributed by atoms with Crippen LogP contribution in [0.15, 0.2) is 0 Å². The molecule has 0 atom stereocenters. The van der Waals surface area contributed by atoms with Crippen LogP contribution in [0.25, 0.3) is 0 Å². The molecule has 0 saturated carbocycles. The van der Waals surface area contributed by atoms with E-state index < -0.39 is 0 Å². The lowest BCUT2D eigenvalue weighted by Crippen LogP contribution is -2.16. The average molecular weight is 328 g/mol. The molecule has 2 N–H and O–H groups in total. The first-order valence-corrected chi connectivity index (χ1v) is 10.7. The van der Waals surface area contributed by atoms with Crippen LogP contribution in [0.5, 0.6) is 0 Å². The number of unbranched alkanes of at least 4 members (excludes halogenated alkanes) is 15. The molecule has 0 spiro atoms. The molecule has 0 unspecified atom stereocenters. The zero-order chi connectivity index (χ0) is 16.8. The molecule has 0 amide bonds. The molecule has 0 saturated heterocycles. The van der Waals surface area contributed by atoms with Gasteiger partial charge in [0.25, 0.3) is 0 Å². The molecule has 0 aliphatic heterocycles. The van der Waals surface area contributed by atoms with E-state index in [1.54, 1.807) is 0 Å². The molecule has 0 aromatic rings. The number of hydrogen-bond acceptors (Lipinski definition) is 2. The molecule has 2 nitrogen and oxygen atoms in total. The zero-order valence-electron chi connectivity index (χ0n) is 16.1. The molecule has 0 aliphatic carbocycles. The topological polar surface area (TPSA) is 32.3 Å². The van der Waals surface area contributed by atoms with Gasteiger partial charge in [-0.25, -0.2) is 0 Å². The molecular formula is C21H45NO. The van der Waals surface area contributed by atoms with Gasteiger partial charge in [-0.3, -0.25) is 0 Å². The fourth-order valence-electron chi connectivity index (χ4n) is 3.11. The van der Waals surface area contributed by atoms with Gasteiger partial charge < -0.3 is 10.4 Å². The molecule has 0 bridgehead atoms. The minimum absolute atomic E-state index is 0.334. The lowest BCUT2D eigenvalue weighted by atomic mass is 10.0. The van der Waals surface area contributed by atoms with Crippen LogP contribution < -0.4 is 5.32 Å². The lowest BCUT2D eigenvalue weighted by Gasteiger charge is -2.05. The summed E-state index contributed by atoms with van der Waals surface area (Å²) < 4.78 is 0. The largest absolute Gasteiger partial charge is 0.396 e. The van der Waals surface area contributed by atoms with Crippen molar-refractivity contribution in [1.29, 1.82) is 0 Å². The van der Waals surface area contributed by atoms with Gasteiger partial charge in [0.15, 0.2) is 0 Å². The summed E-state index contributed by atoms with van der Waals surface area (Å²) in [5.41, 5.74) is 0. The minimum atomic E-state index is 0.334. The molecular weight excluding hydrogens is 282 g/mol. The van der Waals surface area contributed by atoms with Crippen LogP contribution in [-0.4, -0.2) is 24.8 Å². The van der Waals surface area contributed by atoms with Crippen LogP contribution in [0.4, 0.5) is 0 Å². The smallest absolute Gasteiger partial charge is 0.0431 e. The Morgan fingerprint density at radius 1 is 0.478 bits per heavy atom. The Kier molecular flexibility index (Phi) is 21.8. The highest BCUT2D eigenvalue weighted by atomic mass is 16.2. The van der Waals surface area contributed by atoms with Crippen LogP contribution in [0.3, 0.4) is 0 Å². The summed E-state index contributed by atoms with van der Waals surface area (Å²) in [5.74, 6) is 0. The fraction of sp³-hybridized carbons (Fsp3) is 1.00. The van der Waals surface area contributed by atoms with E-state index in [1.807, 2.05) is 0 Å². The molecule has 140 valence electrons. The van der Waals surface area contributed by atoms with Gasteiger partial charge in [-0.2, -0.15) is 0 Å². The van der Waals surface area contributed by atoms with Crippen molar-refractivity contribution in [2.45, 2.75) is 116 Å². The molecule has 0 fully saturated rings. The second-order valence-electron chi connectivity index (χ2n) is 7.13. The first-order valence-electron chi connectivity index (χ1n) is 10.7. The van der Waals surface area contributed by atoms with Crippen molar-refractivity contribution in [3.05, 3.63) is 0 Å². The summed E-state index contributed by atoms with van der Waals surface area (Å²) in [7, 11) is 0. The Morgan fingerprint density at radius 2 is 0.826 bits per heavy atom. The number of rotatable bonds is 20. The van der Waals surface area contributed by atoms with E-state index in [0.717, 1.165) is 25.9 Å². The Balaban J connectivity index is 2.92. The van der Waals surface area contributed by atoms with Crippen LogP contribution >= 0.6 is 0 Å². The van der Waals surface area contributed by atoms with Crippen LogP contribution in [-0.2, 0) is 0 Å². The monoisotopic (exact) mass is 327 g/mol. The standard InChI is InChI=1S/C21H45NO/c1-2-3-4-5-6-7-8-9-10-11-12-13-14-15-16-19-22-20-17-18-21-23/h22-23H,2-21H2,1H3. The van der Waals surface area contributed by atoms with Gasteiger partial charge >= 0.3 is 0 Å². The number of aliphatic hydroxyl groups is 1. The highest BCUT2D eigenvalue weighted by Gasteiger charge is 1.94. The molecule has 0 aromatic carbocycles. The van der Waals surface area contributed by atoms with Crippen molar-refractivity contribution in [3.8, 4) is 0 Å². The molecule has 0 aromatic heterocycles. The van der Waals surface area contributed by atoms with Gasteiger partial charge in [0.1, 0.15) is 0 Å². The van der Waals surface area contributed by atoms with E-state index in [1.165, 1.54) is 96.3 Å². The van der Waals surface area contributed by atoms with E-state index >= 15 is 0 Å². The van der Waals surface area contributed by atoms with Crippen LogP contribution in [0.1, 0.15) is 116 Å². The molecule has 23 heavy (non-hydrogen) atoms. The summed E-state index contributed by atoms with van der Waals surface area (Å²) in [6, 6.07) is 0. The predicted molar refractivity (Wildman–Crippen MR) is 104 cm³/mol. The number of aliphatic hydroxyl groups excluding tert-OH is 1. The van der Waals surface area contributed by atoms with E-state index in [-0.39, 0.29) is 0 Å². The average Bonchev–Trinajstić information content (AvgIpc) is 2.57. The van der Waals surface area contributed by atoms with Crippen molar-refractivity contribution in [3.63, 3.8) is 0 Å². The quantitative estimate of drug-likeness (QED) is 0.260. The summed E-state index contributed by atoms with van der Waals surface area (Å²) in [4.78, 5) is 0. The van der Waals surface area contributed by atoms with Crippen LogP contribution in [0, 0.1) is 0 Å². The number of hydrogen-bond donors (Lipinski definition) is 2. The summed E-state index contributed by atoms with van der Waals surface area (Å²) >= 11 is 0. The summed E-state index contributed by atoms with van der Waals surface area (Å²) in [6.07, 6.45) is 23.5. The highest BCUT2D eigenvalue weighted by molar-refractivity contribution is 4.52. The summed E-state index contributed by atoms with van der Waals surface area (Å²) in [6.45, 7) is 4.85. The molecule has 0 heterocycles. The number of nitrogens with one attached hydrogen (secondary N) is 1. The van der Waals surface area contributed by atoms with E-state index in [4.69, 9.17) is 5.11 Å². The maximum atomic E-state index is 8.68. The second-order valence-corrected chi connectivity index (χ2v) is 7.13. The maximum Gasteiger partial charge on any atom is 0.0431 e. The minimum Gasteiger partial charge on any atom is -0.396 e. The first-order chi connectivity index (χ1) is 11.4. The van der Waals surface area contributed by atoms with Gasteiger partial charge in [0.05, 0.1) is 0 Å². The molecule has 2 heteroatoms. The van der Waals surface area contributed by atoms with E-state index in [9.17, 15) is 0 Å². The van der Waals surface area contributed by atoms with Crippen LogP contribution in [0.2, 0.25) is 0 Å². The molecule has 0 radical (unpaired) electrons. The summed E-state index contributed by atoms with van der Waals surface area (Å²) in [5, 5.41) is 12.1.